The van der Waals surface area contributed by atoms with E-state index in [9.17, 15) is 4.39 Å². The fourth-order valence-corrected chi connectivity index (χ4v) is 3.74. The predicted molar refractivity (Wildman–Crippen MR) is 91.4 cm³/mol. The van der Waals surface area contributed by atoms with Gasteiger partial charge in [-0.15, -0.1) is 5.10 Å². The Morgan fingerprint density at radius 1 is 1.17 bits per heavy atom. The Kier molecular flexibility index (Phi) is 4.35. The van der Waals surface area contributed by atoms with Crippen molar-refractivity contribution < 1.29 is 4.39 Å². The van der Waals surface area contributed by atoms with Crippen LogP contribution in [0.15, 0.2) is 30.5 Å². The number of likely N-dealkylation sites (tertiary alicyclic amines) is 1. The van der Waals surface area contributed by atoms with Crippen molar-refractivity contribution in [3.63, 3.8) is 0 Å². The predicted octanol–water partition coefficient (Wildman–Crippen LogP) is 3.56. The summed E-state index contributed by atoms with van der Waals surface area (Å²) < 4.78 is 15.9. The van der Waals surface area contributed by atoms with Gasteiger partial charge < -0.3 is 4.90 Å². The molecule has 0 radical (unpaired) electrons. The second-order valence-electron chi connectivity index (χ2n) is 7.31. The monoisotopic (exact) mass is 328 g/mol. The van der Waals surface area contributed by atoms with Gasteiger partial charge >= 0.3 is 0 Å². The molecule has 1 aromatic carbocycles. The van der Waals surface area contributed by atoms with E-state index < -0.39 is 0 Å². The summed E-state index contributed by atoms with van der Waals surface area (Å²) in [6.07, 6.45) is 7.65. The molecule has 1 saturated heterocycles. The van der Waals surface area contributed by atoms with Crippen molar-refractivity contribution in [1.82, 2.24) is 19.9 Å². The second-order valence-corrected chi connectivity index (χ2v) is 7.31. The van der Waals surface area contributed by atoms with Gasteiger partial charge in [-0.25, -0.2) is 9.07 Å². The lowest BCUT2D eigenvalue weighted by atomic mass is 10.00. The number of piperidine rings is 1. The molecule has 0 N–H and O–H groups in total. The van der Waals surface area contributed by atoms with E-state index in [1.807, 2.05) is 12.1 Å². The minimum atomic E-state index is -0.0885. The first-order valence-electron chi connectivity index (χ1n) is 9.10. The van der Waals surface area contributed by atoms with Gasteiger partial charge in [-0.1, -0.05) is 23.4 Å². The molecule has 2 aliphatic rings. The third-order valence-electron chi connectivity index (χ3n) is 5.49. The lowest BCUT2D eigenvalue weighted by Crippen LogP contribution is -2.41. The van der Waals surface area contributed by atoms with Crippen molar-refractivity contribution >= 4 is 0 Å². The molecular formula is C19H25FN4. The van der Waals surface area contributed by atoms with Crippen LogP contribution in [0.25, 0.3) is 0 Å². The lowest BCUT2D eigenvalue weighted by Gasteiger charge is -2.36. The van der Waals surface area contributed by atoms with Gasteiger partial charge in [0.05, 0.1) is 11.7 Å². The molecular weight excluding hydrogens is 303 g/mol. The van der Waals surface area contributed by atoms with Gasteiger partial charge in [0.25, 0.3) is 0 Å². The van der Waals surface area contributed by atoms with Crippen LogP contribution in [0.3, 0.4) is 0 Å². The van der Waals surface area contributed by atoms with Crippen LogP contribution in [-0.2, 0) is 6.42 Å². The standard InChI is InChI=1S/C19H25FN4/c1-14(12-16-4-2-3-5-18(16)20)23-10-8-17(9-11-23)24-13-19(21-22-24)15-6-7-15/h2-5,13-15,17H,6-12H2,1H3/t14-/m1/s1. The molecule has 0 bridgehead atoms. The Morgan fingerprint density at radius 3 is 2.62 bits per heavy atom. The average Bonchev–Trinajstić information content (AvgIpc) is 3.34. The summed E-state index contributed by atoms with van der Waals surface area (Å²) in [4.78, 5) is 2.47. The van der Waals surface area contributed by atoms with Crippen LogP contribution in [0.1, 0.15) is 55.8 Å². The number of hydrogen-bond donors (Lipinski definition) is 0. The highest BCUT2D eigenvalue weighted by molar-refractivity contribution is 5.18. The fraction of sp³-hybridized carbons (Fsp3) is 0.579. The summed E-state index contributed by atoms with van der Waals surface area (Å²) in [5, 5.41) is 8.68. The zero-order valence-corrected chi connectivity index (χ0v) is 14.2. The van der Waals surface area contributed by atoms with Gasteiger partial charge in [-0.05, 0) is 50.7 Å². The highest BCUT2D eigenvalue weighted by atomic mass is 19.1. The molecule has 1 saturated carbocycles. The Balaban J connectivity index is 1.32. The van der Waals surface area contributed by atoms with E-state index in [2.05, 4.69) is 33.0 Å². The summed E-state index contributed by atoms with van der Waals surface area (Å²) in [6.45, 7) is 4.28. The smallest absolute Gasteiger partial charge is 0.126 e. The number of hydrogen-bond acceptors (Lipinski definition) is 3. The summed E-state index contributed by atoms with van der Waals surface area (Å²) in [7, 11) is 0. The van der Waals surface area contributed by atoms with Crippen LogP contribution in [0.2, 0.25) is 0 Å². The van der Waals surface area contributed by atoms with Gasteiger partial charge in [-0.3, -0.25) is 0 Å². The van der Waals surface area contributed by atoms with E-state index in [1.54, 1.807) is 12.1 Å². The van der Waals surface area contributed by atoms with Gasteiger partial charge in [0, 0.05) is 31.2 Å². The average molecular weight is 328 g/mol. The molecule has 1 aliphatic carbocycles. The third kappa shape index (κ3) is 3.36. The number of benzene rings is 1. The van der Waals surface area contributed by atoms with E-state index in [0.29, 0.717) is 18.0 Å². The minimum absolute atomic E-state index is 0.0885. The first kappa shape index (κ1) is 15.8. The molecule has 1 atom stereocenters. The highest BCUT2D eigenvalue weighted by Crippen LogP contribution is 2.39. The van der Waals surface area contributed by atoms with E-state index in [-0.39, 0.29) is 5.82 Å². The Morgan fingerprint density at radius 2 is 1.92 bits per heavy atom. The quantitative estimate of drug-likeness (QED) is 0.841. The molecule has 5 heteroatoms. The van der Waals surface area contributed by atoms with Gasteiger partial charge in [-0.2, -0.15) is 0 Å². The zero-order chi connectivity index (χ0) is 16.5. The number of halogens is 1. The molecule has 24 heavy (non-hydrogen) atoms. The molecule has 1 aliphatic heterocycles. The van der Waals surface area contributed by atoms with E-state index >= 15 is 0 Å². The first-order chi connectivity index (χ1) is 11.7. The minimum Gasteiger partial charge on any atom is -0.300 e. The van der Waals surface area contributed by atoms with Crippen molar-refractivity contribution in [3.8, 4) is 0 Å². The van der Waals surface area contributed by atoms with Crippen LogP contribution in [0, 0.1) is 5.82 Å². The SMILES string of the molecule is C[C@H](Cc1ccccc1F)N1CCC(n2cc(C3CC3)nn2)CC1. The lowest BCUT2D eigenvalue weighted by molar-refractivity contribution is 0.137. The topological polar surface area (TPSA) is 34.0 Å². The molecule has 1 aromatic heterocycles. The van der Waals surface area contributed by atoms with Gasteiger partial charge in [0.15, 0.2) is 0 Å². The highest BCUT2D eigenvalue weighted by Gasteiger charge is 2.29. The first-order valence-corrected chi connectivity index (χ1v) is 9.10. The number of nitrogens with zero attached hydrogens (tertiary/aromatic N) is 4. The number of rotatable bonds is 5. The fourth-order valence-electron chi connectivity index (χ4n) is 3.74. The number of aromatic nitrogens is 3. The third-order valence-corrected chi connectivity index (χ3v) is 5.49. The van der Waals surface area contributed by atoms with Crippen molar-refractivity contribution in [1.29, 1.82) is 0 Å². The zero-order valence-electron chi connectivity index (χ0n) is 14.2. The maximum atomic E-state index is 13.8. The largest absolute Gasteiger partial charge is 0.300 e. The molecule has 0 amide bonds. The van der Waals surface area contributed by atoms with E-state index in [0.717, 1.165) is 37.9 Å². The van der Waals surface area contributed by atoms with Crippen molar-refractivity contribution in [2.24, 2.45) is 0 Å². The second kappa shape index (κ2) is 6.63. The Hall–Kier alpha value is -1.75. The van der Waals surface area contributed by atoms with E-state index in [4.69, 9.17) is 0 Å². The van der Waals surface area contributed by atoms with Crippen LogP contribution >= 0.6 is 0 Å². The summed E-state index contributed by atoms with van der Waals surface area (Å²) in [5.74, 6) is 0.578. The van der Waals surface area contributed by atoms with Crippen LogP contribution < -0.4 is 0 Å². The molecule has 0 spiro atoms. The normalized spacial score (nSPS) is 21.1. The van der Waals surface area contributed by atoms with Crippen molar-refractivity contribution in [2.45, 2.75) is 57.0 Å². The van der Waals surface area contributed by atoms with Gasteiger partial charge in [0.2, 0.25) is 0 Å². The molecule has 4 nitrogen and oxygen atoms in total. The van der Waals surface area contributed by atoms with Crippen molar-refractivity contribution in [3.05, 3.63) is 47.5 Å². The molecule has 2 aromatic rings. The Bertz CT molecular complexity index is 686. The summed E-state index contributed by atoms with van der Waals surface area (Å²) >= 11 is 0. The summed E-state index contributed by atoms with van der Waals surface area (Å²) in [6, 6.07) is 7.94. The molecule has 4 rings (SSSR count). The molecule has 2 heterocycles. The molecule has 2 fully saturated rings. The van der Waals surface area contributed by atoms with E-state index in [1.165, 1.54) is 18.5 Å². The van der Waals surface area contributed by atoms with Crippen molar-refractivity contribution in [2.75, 3.05) is 13.1 Å². The van der Waals surface area contributed by atoms with Crippen LogP contribution in [0.4, 0.5) is 4.39 Å². The van der Waals surface area contributed by atoms with Crippen LogP contribution in [0.5, 0.6) is 0 Å². The van der Waals surface area contributed by atoms with Gasteiger partial charge in [0.1, 0.15) is 5.82 Å². The van der Waals surface area contributed by atoms with Crippen LogP contribution in [-0.4, -0.2) is 39.0 Å². The molecule has 0 unspecified atom stereocenters. The Labute approximate surface area is 142 Å². The summed E-state index contributed by atoms with van der Waals surface area (Å²) in [5.41, 5.74) is 1.99. The molecule has 128 valence electrons. The maximum Gasteiger partial charge on any atom is 0.126 e. The maximum absolute atomic E-state index is 13.8.